The molecule has 1 atom stereocenters. The fourth-order valence-electron chi connectivity index (χ4n) is 3.67. The van der Waals surface area contributed by atoms with Crippen molar-refractivity contribution >= 4 is 11.6 Å². The monoisotopic (exact) mass is 379 g/mol. The molecule has 0 aliphatic carbocycles. The number of fused-ring (bicyclic) bond motifs is 1. The molecule has 3 heterocycles. The van der Waals surface area contributed by atoms with Gasteiger partial charge in [-0.2, -0.15) is 0 Å². The fourth-order valence-corrected chi connectivity index (χ4v) is 3.67. The number of rotatable bonds is 5. The summed E-state index contributed by atoms with van der Waals surface area (Å²) in [5.41, 5.74) is 4.05. The van der Waals surface area contributed by atoms with Crippen molar-refractivity contribution in [1.29, 1.82) is 0 Å². The Morgan fingerprint density at radius 1 is 1.21 bits per heavy atom. The SMILES string of the molecule is Cc1nc2c(O)c(CC[C@H](O)c3ccccc3)c(C(=O)N3CCC3)cn2c1C. The maximum absolute atomic E-state index is 13.0. The van der Waals surface area contributed by atoms with Gasteiger partial charge in [0.15, 0.2) is 11.4 Å². The lowest BCUT2D eigenvalue weighted by Crippen LogP contribution is -2.42. The van der Waals surface area contributed by atoms with Gasteiger partial charge in [0.25, 0.3) is 5.91 Å². The van der Waals surface area contributed by atoms with Gasteiger partial charge in [0.1, 0.15) is 0 Å². The van der Waals surface area contributed by atoms with Gasteiger partial charge in [0.2, 0.25) is 0 Å². The molecule has 3 aromatic rings. The van der Waals surface area contributed by atoms with E-state index in [0.29, 0.717) is 29.6 Å². The fraction of sp³-hybridized carbons (Fsp3) is 0.364. The van der Waals surface area contributed by atoms with Gasteiger partial charge in [-0.1, -0.05) is 30.3 Å². The molecule has 0 saturated carbocycles. The van der Waals surface area contributed by atoms with E-state index in [1.165, 1.54) is 0 Å². The number of aromatic nitrogens is 2. The molecule has 6 nitrogen and oxygen atoms in total. The highest BCUT2D eigenvalue weighted by Gasteiger charge is 2.27. The Bertz CT molecular complexity index is 1020. The lowest BCUT2D eigenvalue weighted by molar-refractivity contribution is 0.0649. The summed E-state index contributed by atoms with van der Waals surface area (Å²) < 4.78 is 1.79. The number of aryl methyl sites for hydroxylation is 2. The summed E-state index contributed by atoms with van der Waals surface area (Å²) in [6.45, 7) is 5.29. The number of pyridine rings is 1. The predicted octanol–water partition coefficient (Wildman–Crippen LogP) is 3.17. The first-order valence-electron chi connectivity index (χ1n) is 9.69. The van der Waals surface area contributed by atoms with Crippen LogP contribution in [0.25, 0.3) is 5.65 Å². The van der Waals surface area contributed by atoms with E-state index < -0.39 is 6.10 Å². The summed E-state index contributed by atoms with van der Waals surface area (Å²) in [7, 11) is 0. The van der Waals surface area contributed by atoms with Crippen LogP contribution in [0.3, 0.4) is 0 Å². The maximum Gasteiger partial charge on any atom is 0.255 e. The third-order valence-electron chi connectivity index (χ3n) is 5.69. The Kier molecular flexibility index (Phi) is 4.81. The van der Waals surface area contributed by atoms with Crippen molar-refractivity contribution < 1.29 is 15.0 Å². The minimum absolute atomic E-state index is 0.0304. The summed E-state index contributed by atoms with van der Waals surface area (Å²) >= 11 is 0. The zero-order valence-corrected chi connectivity index (χ0v) is 16.2. The Hall–Kier alpha value is -2.86. The molecule has 0 spiro atoms. The first kappa shape index (κ1) is 18.5. The number of aromatic hydroxyl groups is 1. The van der Waals surface area contributed by atoms with Gasteiger partial charge in [0, 0.05) is 30.5 Å². The molecule has 0 unspecified atom stereocenters. The average Bonchev–Trinajstić information content (AvgIpc) is 2.94. The van der Waals surface area contributed by atoms with E-state index >= 15 is 0 Å². The van der Waals surface area contributed by atoms with Crippen LogP contribution >= 0.6 is 0 Å². The van der Waals surface area contributed by atoms with Crippen LogP contribution < -0.4 is 0 Å². The molecule has 1 saturated heterocycles. The average molecular weight is 379 g/mol. The Labute approximate surface area is 164 Å². The largest absolute Gasteiger partial charge is 0.504 e. The molecule has 28 heavy (non-hydrogen) atoms. The van der Waals surface area contributed by atoms with Crippen LogP contribution in [-0.2, 0) is 6.42 Å². The number of likely N-dealkylation sites (tertiary alicyclic amines) is 1. The van der Waals surface area contributed by atoms with Crippen LogP contribution in [0.1, 0.15) is 51.8 Å². The number of carbonyl (C=O) groups excluding carboxylic acids is 1. The maximum atomic E-state index is 13.0. The van der Waals surface area contributed by atoms with Crippen LogP contribution in [0.15, 0.2) is 36.5 Å². The zero-order chi connectivity index (χ0) is 19.8. The van der Waals surface area contributed by atoms with Gasteiger partial charge in [-0.15, -0.1) is 0 Å². The topological polar surface area (TPSA) is 78.1 Å². The molecule has 2 N–H and O–H groups in total. The van der Waals surface area contributed by atoms with Crippen molar-refractivity contribution in [3.05, 3.63) is 64.6 Å². The van der Waals surface area contributed by atoms with Gasteiger partial charge in [-0.05, 0) is 38.7 Å². The van der Waals surface area contributed by atoms with Crippen molar-refractivity contribution in [3.63, 3.8) is 0 Å². The lowest BCUT2D eigenvalue weighted by Gasteiger charge is -2.31. The minimum Gasteiger partial charge on any atom is -0.504 e. The number of imidazole rings is 1. The molecule has 2 aromatic heterocycles. The van der Waals surface area contributed by atoms with Crippen molar-refractivity contribution in [2.75, 3.05) is 13.1 Å². The van der Waals surface area contributed by atoms with Crippen molar-refractivity contribution in [2.24, 2.45) is 0 Å². The van der Waals surface area contributed by atoms with Crippen molar-refractivity contribution in [2.45, 2.75) is 39.2 Å². The molecule has 4 rings (SSSR count). The molecule has 1 aliphatic rings. The van der Waals surface area contributed by atoms with E-state index in [1.54, 1.807) is 15.5 Å². The number of carbonyl (C=O) groups is 1. The zero-order valence-electron chi connectivity index (χ0n) is 16.2. The van der Waals surface area contributed by atoms with E-state index in [0.717, 1.165) is 36.5 Å². The lowest BCUT2D eigenvalue weighted by atomic mass is 9.97. The van der Waals surface area contributed by atoms with Crippen molar-refractivity contribution in [3.8, 4) is 5.75 Å². The molecule has 1 amide bonds. The summed E-state index contributed by atoms with van der Waals surface area (Å²) in [6, 6.07) is 9.43. The second-order valence-corrected chi connectivity index (χ2v) is 7.46. The number of hydrogen-bond acceptors (Lipinski definition) is 4. The van der Waals surface area contributed by atoms with Gasteiger partial charge < -0.3 is 19.5 Å². The quantitative estimate of drug-likeness (QED) is 0.714. The highest BCUT2D eigenvalue weighted by Crippen LogP contribution is 2.32. The highest BCUT2D eigenvalue weighted by molar-refractivity contribution is 5.97. The third kappa shape index (κ3) is 3.14. The molecule has 0 bridgehead atoms. The molecule has 146 valence electrons. The molecule has 1 aromatic carbocycles. The molecule has 1 fully saturated rings. The molecule has 0 radical (unpaired) electrons. The van der Waals surface area contributed by atoms with E-state index in [-0.39, 0.29) is 11.7 Å². The van der Waals surface area contributed by atoms with Crippen molar-refractivity contribution in [1.82, 2.24) is 14.3 Å². The van der Waals surface area contributed by atoms with Gasteiger partial charge in [-0.25, -0.2) is 4.98 Å². The van der Waals surface area contributed by atoms with Crippen LogP contribution in [0, 0.1) is 13.8 Å². The van der Waals surface area contributed by atoms with E-state index in [4.69, 9.17) is 0 Å². The number of hydrogen-bond donors (Lipinski definition) is 2. The van der Waals surface area contributed by atoms with Crippen LogP contribution in [-0.4, -0.2) is 43.5 Å². The van der Waals surface area contributed by atoms with E-state index in [1.807, 2.05) is 44.2 Å². The van der Waals surface area contributed by atoms with Crippen LogP contribution in [0.2, 0.25) is 0 Å². The molecule has 6 heteroatoms. The summed E-state index contributed by atoms with van der Waals surface area (Å²) in [5, 5.41) is 21.5. The first-order valence-corrected chi connectivity index (χ1v) is 9.69. The van der Waals surface area contributed by atoms with E-state index in [9.17, 15) is 15.0 Å². The summed E-state index contributed by atoms with van der Waals surface area (Å²) in [5.74, 6) is -0.0405. The van der Waals surface area contributed by atoms with Gasteiger partial charge in [-0.3, -0.25) is 4.79 Å². The number of nitrogens with zero attached hydrogens (tertiary/aromatic N) is 3. The Balaban J connectivity index is 1.72. The Morgan fingerprint density at radius 3 is 2.57 bits per heavy atom. The second kappa shape index (κ2) is 7.28. The van der Waals surface area contributed by atoms with Gasteiger partial charge >= 0.3 is 0 Å². The molecular weight excluding hydrogens is 354 g/mol. The molecule has 1 aliphatic heterocycles. The summed E-state index contributed by atoms with van der Waals surface area (Å²) in [6.07, 6.45) is 2.93. The first-order chi connectivity index (χ1) is 13.5. The third-order valence-corrected chi connectivity index (χ3v) is 5.69. The Morgan fingerprint density at radius 2 is 1.93 bits per heavy atom. The van der Waals surface area contributed by atoms with Gasteiger partial charge in [0.05, 0.1) is 17.4 Å². The highest BCUT2D eigenvalue weighted by atomic mass is 16.3. The number of aliphatic hydroxyl groups is 1. The number of benzene rings is 1. The van der Waals surface area contributed by atoms with Crippen LogP contribution in [0.4, 0.5) is 0 Å². The second-order valence-electron chi connectivity index (χ2n) is 7.46. The van der Waals surface area contributed by atoms with Crippen LogP contribution in [0.5, 0.6) is 5.75 Å². The smallest absolute Gasteiger partial charge is 0.255 e. The number of aliphatic hydroxyl groups excluding tert-OH is 1. The standard InChI is InChI=1S/C22H25N3O3/c1-14-15(2)25-13-18(22(28)24-11-6-12-24)17(20(27)21(25)23-14)9-10-19(26)16-7-4-3-5-8-16/h3-5,7-8,13,19,26-27H,6,9-12H2,1-2H3/t19-/m0/s1. The normalized spacial score (nSPS) is 14.9. The summed E-state index contributed by atoms with van der Waals surface area (Å²) in [4.78, 5) is 19.2. The number of amides is 1. The predicted molar refractivity (Wildman–Crippen MR) is 107 cm³/mol. The minimum atomic E-state index is -0.660. The molecular formula is C22H25N3O3. The van der Waals surface area contributed by atoms with E-state index in [2.05, 4.69) is 4.98 Å².